The van der Waals surface area contributed by atoms with Gasteiger partial charge in [0.2, 0.25) is 29.5 Å². The van der Waals surface area contributed by atoms with Crippen LogP contribution in [-0.4, -0.2) is 194 Å². The molecule has 30 nitrogen and oxygen atoms in total. The largest absolute Gasteiger partial charge is 0.495 e. The molecule has 0 unspecified atom stereocenters. The van der Waals surface area contributed by atoms with E-state index in [1.165, 1.54) is 64.2 Å². The lowest BCUT2D eigenvalue weighted by molar-refractivity contribution is -0.197. The van der Waals surface area contributed by atoms with Gasteiger partial charge in [0.1, 0.15) is 59.4 Å². The number of urea groups is 1. The van der Waals surface area contributed by atoms with Gasteiger partial charge in [0.05, 0.1) is 25.3 Å². The van der Waals surface area contributed by atoms with Crippen LogP contribution in [0.2, 0.25) is 5.02 Å². The van der Waals surface area contributed by atoms with Gasteiger partial charge in [-0.1, -0.05) is 68.3 Å². The Morgan fingerprint density at radius 2 is 1.59 bits per heavy atom. The fourth-order valence-corrected chi connectivity index (χ4v) is 11.4. The minimum Gasteiger partial charge on any atom is -0.495 e. The maximum absolute atomic E-state index is 14.5. The van der Waals surface area contributed by atoms with Crippen molar-refractivity contribution in [1.29, 1.82) is 0 Å². The molecule has 0 spiro atoms. The monoisotopic (exact) mass is 1360 g/mol. The second-order valence-corrected chi connectivity index (χ2v) is 25.2. The molecule has 4 heterocycles. The first-order valence-corrected chi connectivity index (χ1v) is 32.0. The molecule has 4 aliphatic rings. The second-order valence-electron chi connectivity index (χ2n) is 24.9. The van der Waals surface area contributed by atoms with Crippen LogP contribution in [0.5, 0.6) is 5.75 Å². The van der Waals surface area contributed by atoms with E-state index in [-0.39, 0.29) is 88.9 Å². The number of carbonyl (C=O) groups is 12. The van der Waals surface area contributed by atoms with Crippen LogP contribution in [0.3, 0.4) is 0 Å². The number of hydroxylamine groups is 2. The highest BCUT2D eigenvalue weighted by Crippen LogP contribution is 2.49. The first-order valence-electron chi connectivity index (χ1n) is 31.6. The highest BCUT2D eigenvalue weighted by molar-refractivity contribution is 6.35. The molecule has 2 aromatic carbocycles. The number of hydrogen-bond donors (Lipinski definition) is 7. The number of likely N-dealkylation sites (N-methyl/N-ethyl adjacent to an activating group) is 1. The average molecular weight is 1370 g/mol. The van der Waals surface area contributed by atoms with Gasteiger partial charge >= 0.3 is 30.2 Å². The lowest BCUT2D eigenvalue weighted by Crippen LogP contribution is -2.63. The van der Waals surface area contributed by atoms with Crippen LogP contribution in [0.4, 0.5) is 25.8 Å². The molecule has 4 bridgehead atoms. The third-order valence-electron chi connectivity index (χ3n) is 17.2. The van der Waals surface area contributed by atoms with Gasteiger partial charge in [-0.05, 0) is 94.2 Å². The summed E-state index contributed by atoms with van der Waals surface area (Å²) in [6.07, 6.45) is -0.737. The van der Waals surface area contributed by atoms with Gasteiger partial charge in [0.15, 0.2) is 5.72 Å². The molecule has 11 amide bonds. The number of ether oxygens (including phenoxy) is 6. The first kappa shape index (κ1) is 76.2. The Hall–Kier alpha value is -8.87. The number of nitrogens with one attached hydrogen (secondary N) is 5. The number of carbonyl (C=O) groups excluding carboxylic acids is 12. The average Bonchev–Trinajstić information content (AvgIpc) is 1.57. The Morgan fingerprint density at radius 3 is 2.24 bits per heavy atom. The maximum Gasteiger partial charge on any atom is 0.409 e. The molecule has 31 heteroatoms. The number of nitrogens with zero attached hydrogens (tertiary/aromatic N) is 4. The molecule has 526 valence electrons. The Balaban J connectivity index is 1.03. The van der Waals surface area contributed by atoms with Crippen molar-refractivity contribution in [2.24, 2.45) is 17.6 Å². The zero-order chi connectivity index (χ0) is 70.9. The Bertz CT molecular complexity index is 3280. The highest BCUT2D eigenvalue weighted by atomic mass is 35.5. The number of unbranched alkanes of at least 4 members (excludes halogenated alkanes) is 1. The number of benzene rings is 2. The van der Waals surface area contributed by atoms with Crippen molar-refractivity contribution in [3.63, 3.8) is 0 Å². The number of anilines is 2. The molecule has 8 N–H and O–H groups in total. The van der Waals surface area contributed by atoms with E-state index in [0.29, 0.717) is 34.2 Å². The lowest BCUT2D eigenvalue weighted by Gasteiger charge is -2.42. The number of halogens is 1. The van der Waals surface area contributed by atoms with Crippen molar-refractivity contribution >= 4 is 94.5 Å². The fraction of sp³-hybridized carbons (Fsp3) is 0.569. The summed E-state index contributed by atoms with van der Waals surface area (Å²) in [4.78, 5) is 165. The molecule has 3 saturated heterocycles. The molecule has 0 aromatic heterocycles. The number of nitrogens with two attached hydrogens (primary N) is 1. The number of alkyl carbamates (subject to hydrolysis) is 1. The number of primary amides is 1. The summed E-state index contributed by atoms with van der Waals surface area (Å²) in [6.45, 7) is 9.83. The van der Waals surface area contributed by atoms with Crippen LogP contribution < -0.4 is 42.0 Å². The number of aliphatic hydroxyl groups is 1. The zero-order valence-electron chi connectivity index (χ0n) is 55.9. The summed E-state index contributed by atoms with van der Waals surface area (Å²) < 4.78 is 35.0. The van der Waals surface area contributed by atoms with Crippen LogP contribution >= 0.6 is 11.6 Å². The minimum absolute atomic E-state index is 0.0434. The van der Waals surface area contributed by atoms with E-state index in [1.54, 1.807) is 64.1 Å². The summed E-state index contributed by atoms with van der Waals surface area (Å²) in [7, 11) is 7.16. The first-order chi connectivity index (χ1) is 45.3. The van der Waals surface area contributed by atoms with E-state index in [0.717, 1.165) is 16.0 Å². The Morgan fingerprint density at radius 1 is 0.917 bits per heavy atom. The number of methoxy groups -OCH3 is 2. The standard InChI is InChI=1S/C65H89ClN10O20/c1-36(2)56(71-49(77)19-12-13-20-54(82)96-76-51(79)25-26-52(76)80)59(84)70-43(17-15-28-68-61(67)86)58(83)69-42-23-21-40(22-24-42)35-92-63(88)73(7)29-27-50(78)74(8)39(5)60(85)94-48-33-53(81)75(9)44-31-41(32-45(90-10)55(44)66)30-37(3)16-14-18-47(91-11)65(89)34-46(93-62(87)72-65)38(4)57-64(48,6)95-57/h14,16,18,21-24,31-32,36,38-39,43,46-48,56-57,89H,12-13,15,17,19-20,25-30,33-35H2,1-11H3,(H,69,83)(H,70,84)(H,71,77)(H,72,87)(H3,67,68,86)/b18-14+,37-16-/t38-,39+,43+,46+,47-,48+,56+,57+,64+,65+/m1/s1. The second kappa shape index (κ2) is 34.2. The van der Waals surface area contributed by atoms with Gasteiger partial charge in [0, 0.05) is 91.5 Å². The van der Waals surface area contributed by atoms with Crippen molar-refractivity contribution in [2.75, 3.05) is 58.7 Å². The normalized spacial score (nSPS) is 23.6. The van der Waals surface area contributed by atoms with E-state index >= 15 is 0 Å². The molecule has 4 aliphatic heterocycles. The SMILES string of the molecule is COc1cc2cc(c1Cl)N(C)C(=O)C[C@H](OC(=O)[C@H](C)N(C)C(=O)CCN(C)C(=O)OCc1ccc(NC(=O)[C@H](CCCNC(N)=O)NC(=O)[C@@H](NC(=O)CCCCC(=O)ON3C(=O)CCC3=O)C(C)C)cc1)[C@]1(C)O[C@H]1[C@H](C)[C@@H]1C[C@@](O)(NC(=O)O1)[C@H](OC)/C=C/C=C(/C)C2. The molecule has 6 rings (SSSR count). The van der Waals surface area contributed by atoms with Crippen LogP contribution in [0.1, 0.15) is 123 Å². The van der Waals surface area contributed by atoms with Crippen molar-refractivity contribution < 1.29 is 95.9 Å². The molecule has 2 aromatic rings. The van der Waals surface area contributed by atoms with E-state index in [9.17, 15) is 62.6 Å². The van der Waals surface area contributed by atoms with Crippen LogP contribution in [0, 0.1) is 11.8 Å². The van der Waals surface area contributed by atoms with E-state index in [1.807, 2.05) is 13.0 Å². The number of imide groups is 1. The van der Waals surface area contributed by atoms with Crippen LogP contribution in [0.25, 0.3) is 0 Å². The molecule has 3 fully saturated rings. The third-order valence-corrected chi connectivity index (χ3v) is 17.6. The van der Waals surface area contributed by atoms with E-state index < -0.39 is 144 Å². The number of epoxide rings is 1. The number of esters is 1. The van der Waals surface area contributed by atoms with Gasteiger partial charge < -0.3 is 80.1 Å². The van der Waals surface area contributed by atoms with Gasteiger partial charge in [-0.25, -0.2) is 24.0 Å². The topological polar surface area (TPSA) is 392 Å². The summed E-state index contributed by atoms with van der Waals surface area (Å²) in [5, 5.41) is 25.6. The predicted octanol–water partition coefficient (Wildman–Crippen LogP) is 4.35. The van der Waals surface area contributed by atoms with Crippen molar-refractivity contribution in [1.82, 2.24) is 36.1 Å². The molecule has 0 saturated carbocycles. The van der Waals surface area contributed by atoms with E-state index in [2.05, 4.69) is 26.6 Å². The van der Waals surface area contributed by atoms with Crippen LogP contribution in [0.15, 0.2) is 60.2 Å². The molecular formula is C65H89ClN10O20. The highest BCUT2D eigenvalue weighted by Gasteiger charge is 2.64. The summed E-state index contributed by atoms with van der Waals surface area (Å²) in [5.41, 5.74) is 4.66. The van der Waals surface area contributed by atoms with E-state index in [4.69, 9.17) is 50.6 Å². The van der Waals surface area contributed by atoms with Crippen molar-refractivity contribution in [3.05, 3.63) is 76.3 Å². The fourth-order valence-electron chi connectivity index (χ4n) is 11.1. The van der Waals surface area contributed by atoms with Gasteiger partial charge in [-0.3, -0.25) is 38.9 Å². The predicted molar refractivity (Wildman–Crippen MR) is 345 cm³/mol. The van der Waals surface area contributed by atoms with Crippen molar-refractivity contribution in [2.45, 2.75) is 179 Å². The van der Waals surface area contributed by atoms with Gasteiger partial charge in [0.25, 0.3) is 11.8 Å². The number of amides is 11. The summed E-state index contributed by atoms with van der Waals surface area (Å²) in [6, 6.07) is 5.47. The van der Waals surface area contributed by atoms with Crippen molar-refractivity contribution in [3.8, 4) is 5.75 Å². The number of hydrogen-bond acceptors (Lipinski definition) is 20. The quantitative estimate of drug-likeness (QED) is 0.0226. The van der Waals surface area contributed by atoms with Gasteiger partial charge in [-0.15, -0.1) is 5.06 Å². The third kappa shape index (κ3) is 20.6. The summed E-state index contributed by atoms with van der Waals surface area (Å²) >= 11 is 6.83. The molecule has 10 atom stereocenters. The molecule has 0 radical (unpaired) electrons. The van der Waals surface area contributed by atoms with Crippen LogP contribution in [-0.2, 0) is 84.7 Å². The number of fused-ring (bicyclic) bond motifs is 5. The maximum atomic E-state index is 14.5. The number of allylic oxidation sites excluding steroid dienone is 3. The smallest absolute Gasteiger partial charge is 0.409 e. The Labute approximate surface area is 561 Å². The summed E-state index contributed by atoms with van der Waals surface area (Å²) in [5.74, 6) is -6.59. The molecule has 96 heavy (non-hydrogen) atoms. The molecule has 0 aliphatic carbocycles. The number of rotatable bonds is 26. The molecular weight excluding hydrogens is 1280 g/mol. The minimum atomic E-state index is -1.92. The lowest BCUT2D eigenvalue weighted by atomic mass is 9.83. The van der Waals surface area contributed by atoms with Gasteiger partial charge in [-0.2, -0.15) is 0 Å². The zero-order valence-corrected chi connectivity index (χ0v) is 56.7. The Kier molecular flexibility index (Phi) is 27.1.